The molecule has 0 aromatic heterocycles. The van der Waals surface area contributed by atoms with Crippen molar-refractivity contribution in [2.45, 2.75) is 0 Å². The number of rotatable bonds is 1. The maximum Gasteiger partial charge on any atom is 0 e. The van der Waals surface area contributed by atoms with Gasteiger partial charge in [-0.3, -0.25) is 0 Å². The van der Waals surface area contributed by atoms with E-state index in [4.69, 9.17) is 16.7 Å². The molecule has 0 saturated carbocycles. The van der Waals surface area contributed by atoms with Crippen molar-refractivity contribution in [2.24, 2.45) is 0 Å². The molecule has 0 aliphatic carbocycles. The van der Waals surface area contributed by atoms with E-state index in [0.717, 1.165) is 6.61 Å². The minimum Gasteiger partial charge on any atom is -0.565 e. The minimum absolute atomic E-state index is 0. The van der Waals surface area contributed by atoms with Crippen LogP contribution in [-0.2, 0) is 21.1 Å². The second-order valence-electron chi connectivity index (χ2n) is 0.337. The summed E-state index contributed by atoms with van der Waals surface area (Å²) in [7, 11) is 0. The number of halogens is 1. The molecule has 0 unspecified atom stereocenters. The molecule has 0 aromatic carbocycles. The summed E-state index contributed by atoms with van der Waals surface area (Å²) in [5.41, 5.74) is 0. The predicted molar refractivity (Wildman–Crippen MR) is 17.0 cm³/mol. The van der Waals surface area contributed by atoms with E-state index in [9.17, 15) is 0 Å². The van der Waals surface area contributed by atoms with Crippen molar-refractivity contribution in [2.75, 3.05) is 5.88 Å². The van der Waals surface area contributed by atoms with Gasteiger partial charge in [-0.2, -0.15) is 11.6 Å². The Hall–Kier alpha value is 0.938. The van der Waals surface area contributed by atoms with Crippen molar-refractivity contribution < 1.29 is 26.2 Å². The molecule has 32 valence electrons. The largest absolute Gasteiger partial charge is 0.565 e. The molecule has 0 aliphatic rings. The average molecular weight is 175 g/mol. The molecule has 1 nitrogen and oxygen atoms in total. The second-order valence-corrected chi connectivity index (χ2v) is 0.645. The van der Waals surface area contributed by atoms with Gasteiger partial charge in [0.15, 0.2) is 0 Å². The normalized spacial score (nSPS) is 6.00. The number of hydrogen-bond acceptors (Lipinski definition) is 1. The van der Waals surface area contributed by atoms with E-state index in [1.54, 1.807) is 0 Å². The molecular weight excluding hydrogens is 171 g/mol. The summed E-state index contributed by atoms with van der Waals surface area (Å²) in [6.07, 6.45) is 0. The molecule has 0 spiro atoms. The van der Waals surface area contributed by atoms with E-state index in [1.807, 2.05) is 0 Å². The van der Waals surface area contributed by atoms with Gasteiger partial charge in [0, 0.05) is 21.1 Å². The maximum atomic E-state index is 7.62. The third-order valence-corrected chi connectivity index (χ3v) is 0.207. The molecule has 0 amide bonds. The van der Waals surface area contributed by atoms with Crippen LogP contribution < -0.4 is 0 Å². The first kappa shape index (κ1) is 9.34. The molecular formula is C2H4ClMoO-. The van der Waals surface area contributed by atoms with Gasteiger partial charge in [-0.15, -0.1) is 0 Å². The van der Waals surface area contributed by atoms with Gasteiger partial charge in [0.2, 0.25) is 0 Å². The Morgan fingerprint density at radius 3 is 2.00 bits per heavy atom. The summed E-state index contributed by atoms with van der Waals surface area (Å²) < 4.78 is 0. The van der Waals surface area contributed by atoms with Crippen molar-refractivity contribution in [3.8, 4) is 0 Å². The number of alkyl halides is 1. The van der Waals surface area contributed by atoms with E-state index < -0.39 is 0 Å². The molecule has 3 heteroatoms. The molecule has 0 heterocycles. The summed E-state index contributed by atoms with van der Waals surface area (Å²) in [5, 5.41) is 7.62. The third-order valence-electron chi connectivity index (χ3n) is 0.0690. The molecule has 0 radical (unpaired) electrons. The Morgan fingerprint density at radius 1 is 1.80 bits per heavy atom. The fraction of sp³-hybridized carbons (Fsp3) is 0.500. The quantitative estimate of drug-likeness (QED) is 0.354. The van der Waals surface area contributed by atoms with E-state index >= 15 is 0 Å². The molecule has 0 fully saturated rings. The van der Waals surface area contributed by atoms with Gasteiger partial charge in [0.05, 0.1) is 0 Å². The van der Waals surface area contributed by atoms with Gasteiger partial charge in [-0.1, -0.05) is 5.88 Å². The molecule has 0 aromatic rings. The Bertz CT molecular complexity index is 11.6. The summed E-state index contributed by atoms with van der Waals surface area (Å²) in [5.74, 6) is 0.222. The van der Waals surface area contributed by atoms with Crippen LogP contribution in [0.3, 0.4) is 0 Å². The minimum atomic E-state index is 0. The Labute approximate surface area is 50.6 Å². The standard InChI is InChI=1S/C2H4ClO.Mo/c3-1-2-4;/h2,4H,1H2;/q-1;. The zero-order chi connectivity index (χ0) is 3.41. The van der Waals surface area contributed by atoms with E-state index in [1.165, 1.54) is 0 Å². The van der Waals surface area contributed by atoms with Gasteiger partial charge in [0.25, 0.3) is 0 Å². The summed E-state index contributed by atoms with van der Waals surface area (Å²) in [6.45, 7) is 0.890. The fourth-order valence-corrected chi connectivity index (χ4v) is 0. The Balaban J connectivity index is 0. The van der Waals surface area contributed by atoms with Crippen molar-refractivity contribution >= 4 is 11.6 Å². The number of aliphatic hydroxyl groups is 1. The van der Waals surface area contributed by atoms with Crippen LogP contribution in [0.25, 0.3) is 0 Å². The van der Waals surface area contributed by atoms with Gasteiger partial charge in [-0.25, -0.2) is 6.61 Å². The van der Waals surface area contributed by atoms with Crippen LogP contribution in [-0.4, -0.2) is 11.0 Å². The van der Waals surface area contributed by atoms with Crippen molar-refractivity contribution in [1.29, 1.82) is 0 Å². The maximum absolute atomic E-state index is 7.62. The van der Waals surface area contributed by atoms with E-state index in [2.05, 4.69) is 0 Å². The van der Waals surface area contributed by atoms with Crippen LogP contribution in [0.5, 0.6) is 0 Å². The first-order valence-electron chi connectivity index (χ1n) is 0.934. The molecule has 0 rings (SSSR count). The topological polar surface area (TPSA) is 20.2 Å². The molecule has 0 bridgehead atoms. The Kier molecular flexibility index (Phi) is 16.6. The molecule has 1 N–H and O–H groups in total. The van der Waals surface area contributed by atoms with Gasteiger partial charge >= 0.3 is 0 Å². The zero-order valence-corrected chi connectivity index (χ0v) is 5.28. The molecule has 0 atom stereocenters. The summed E-state index contributed by atoms with van der Waals surface area (Å²) >= 11 is 4.88. The predicted octanol–water partition coefficient (Wildman–Crippen LogP) is 0.757. The third kappa shape index (κ3) is 11.3. The first-order chi connectivity index (χ1) is 1.91. The van der Waals surface area contributed by atoms with Crippen molar-refractivity contribution in [3.63, 3.8) is 0 Å². The smallest absolute Gasteiger partial charge is 0 e. The molecule has 0 aliphatic heterocycles. The van der Waals surface area contributed by atoms with Crippen LogP contribution in [0.1, 0.15) is 0 Å². The fourth-order valence-electron chi connectivity index (χ4n) is 0. The average Bonchev–Trinajstić information content (AvgIpc) is 1.37. The van der Waals surface area contributed by atoms with E-state index in [0.29, 0.717) is 0 Å². The van der Waals surface area contributed by atoms with Gasteiger partial charge in [-0.05, 0) is 0 Å². The zero-order valence-electron chi connectivity index (χ0n) is 2.52. The van der Waals surface area contributed by atoms with Gasteiger partial charge < -0.3 is 5.11 Å². The van der Waals surface area contributed by atoms with Crippen molar-refractivity contribution in [3.05, 3.63) is 6.61 Å². The van der Waals surface area contributed by atoms with Crippen LogP contribution in [0, 0.1) is 6.61 Å². The molecule has 5 heavy (non-hydrogen) atoms. The SMILES string of the molecule is O[CH-]CCl.[Mo]. The second kappa shape index (κ2) is 8.87. The summed E-state index contributed by atoms with van der Waals surface area (Å²) in [4.78, 5) is 0. The monoisotopic (exact) mass is 177 g/mol. The van der Waals surface area contributed by atoms with Gasteiger partial charge in [0.1, 0.15) is 0 Å². The van der Waals surface area contributed by atoms with Crippen molar-refractivity contribution in [1.82, 2.24) is 0 Å². The first-order valence-corrected chi connectivity index (χ1v) is 1.47. The summed E-state index contributed by atoms with van der Waals surface area (Å²) in [6, 6.07) is 0. The number of hydrogen-bond donors (Lipinski definition) is 1. The van der Waals surface area contributed by atoms with Crippen LogP contribution in [0.2, 0.25) is 0 Å². The number of aliphatic hydroxyl groups excluding tert-OH is 1. The van der Waals surface area contributed by atoms with Crippen LogP contribution in [0.15, 0.2) is 0 Å². The van der Waals surface area contributed by atoms with Crippen LogP contribution in [0.4, 0.5) is 0 Å². The Morgan fingerprint density at radius 2 is 2.00 bits per heavy atom. The van der Waals surface area contributed by atoms with Crippen LogP contribution >= 0.6 is 11.6 Å². The van der Waals surface area contributed by atoms with E-state index in [-0.39, 0.29) is 26.9 Å². The molecule has 0 saturated heterocycles.